The molecule has 2 atom stereocenters. The van der Waals surface area contributed by atoms with Crippen LogP contribution in [0.3, 0.4) is 0 Å². The fourth-order valence-electron chi connectivity index (χ4n) is 2.76. The van der Waals surface area contributed by atoms with Gasteiger partial charge in [0.25, 0.3) is 0 Å². The number of hydrogen-bond donors (Lipinski definition) is 2. The Hall–Kier alpha value is -0.510. The smallest absolute Gasteiger partial charge is 0.242 e. The number of benzene rings is 1. The summed E-state index contributed by atoms with van der Waals surface area (Å²) >= 11 is 13.5. The summed E-state index contributed by atoms with van der Waals surface area (Å²) in [7, 11) is -4.00. The number of nitrogens with zero attached hydrogens (tertiary/aromatic N) is 1. The second-order valence-corrected chi connectivity index (χ2v) is 9.86. The van der Waals surface area contributed by atoms with Crippen LogP contribution in [0.15, 0.2) is 23.1 Å². The number of nitrogens with one attached hydrogen (secondary N) is 2. The van der Waals surface area contributed by atoms with Crippen molar-refractivity contribution in [1.29, 1.82) is 0 Å². The molecule has 0 heterocycles. The van der Waals surface area contributed by atoms with Gasteiger partial charge in [-0.15, -0.1) is 0 Å². The first-order valence-electron chi connectivity index (χ1n) is 9.14. The molecule has 0 aromatic heterocycles. The molecular formula is C18H29Cl2N3O3S2. The van der Waals surface area contributed by atoms with Crippen molar-refractivity contribution in [2.24, 2.45) is 0 Å². The third-order valence-electron chi connectivity index (χ3n) is 4.41. The molecule has 28 heavy (non-hydrogen) atoms. The summed E-state index contributed by atoms with van der Waals surface area (Å²) in [6, 6.07) is 3.46. The zero-order valence-electron chi connectivity index (χ0n) is 16.7. The van der Waals surface area contributed by atoms with E-state index in [0.29, 0.717) is 18.7 Å². The largest absolute Gasteiger partial charge is 0.353 e. The van der Waals surface area contributed by atoms with Crippen LogP contribution in [-0.4, -0.2) is 63.0 Å². The van der Waals surface area contributed by atoms with Gasteiger partial charge in [0.15, 0.2) is 0 Å². The number of carbonyl (C=O) groups is 1. The summed E-state index contributed by atoms with van der Waals surface area (Å²) in [5.41, 5.74) is 0. The molecule has 10 heteroatoms. The highest BCUT2D eigenvalue weighted by molar-refractivity contribution is 7.98. The molecule has 0 aliphatic heterocycles. The first kappa shape index (κ1) is 25.5. The minimum Gasteiger partial charge on any atom is -0.353 e. The number of likely N-dealkylation sites (N-methyl/N-ethyl adjacent to an activating group) is 1. The van der Waals surface area contributed by atoms with Crippen LogP contribution in [-0.2, 0) is 14.8 Å². The fourth-order valence-corrected chi connectivity index (χ4v) is 5.22. The average molecular weight is 470 g/mol. The lowest BCUT2D eigenvalue weighted by atomic mass is 10.2. The molecule has 0 saturated carbocycles. The molecule has 2 N–H and O–H groups in total. The maximum Gasteiger partial charge on any atom is 0.242 e. The van der Waals surface area contributed by atoms with Crippen LogP contribution >= 0.6 is 35.0 Å². The van der Waals surface area contributed by atoms with Crippen molar-refractivity contribution in [2.75, 3.05) is 31.6 Å². The van der Waals surface area contributed by atoms with Gasteiger partial charge in [0.1, 0.15) is 10.9 Å². The number of carbonyl (C=O) groups excluding carboxylic acids is 1. The highest BCUT2D eigenvalue weighted by atomic mass is 35.5. The van der Waals surface area contributed by atoms with Gasteiger partial charge < -0.3 is 5.32 Å². The molecule has 0 aliphatic rings. The van der Waals surface area contributed by atoms with Gasteiger partial charge in [-0.25, -0.2) is 8.42 Å². The third kappa shape index (κ3) is 7.72. The van der Waals surface area contributed by atoms with Gasteiger partial charge in [0.2, 0.25) is 15.9 Å². The van der Waals surface area contributed by atoms with Crippen molar-refractivity contribution in [3.05, 3.63) is 28.2 Å². The second kappa shape index (κ2) is 12.2. The summed E-state index contributed by atoms with van der Waals surface area (Å²) in [4.78, 5) is 14.8. The quantitative estimate of drug-likeness (QED) is 0.491. The molecule has 6 nitrogen and oxygen atoms in total. The van der Waals surface area contributed by atoms with E-state index in [1.54, 1.807) is 11.8 Å². The lowest BCUT2D eigenvalue weighted by Gasteiger charge is -2.27. The molecule has 0 radical (unpaired) electrons. The van der Waals surface area contributed by atoms with E-state index in [-0.39, 0.29) is 26.9 Å². The Kier molecular flexibility index (Phi) is 11.2. The first-order valence-corrected chi connectivity index (χ1v) is 12.8. The van der Waals surface area contributed by atoms with Gasteiger partial charge in [-0.3, -0.25) is 9.69 Å². The second-order valence-electron chi connectivity index (χ2n) is 6.35. The predicted octanol–water partition coefficient (Wildman–Crippen LogP) is 3.24. The lowest BCUT2D eigenvalue weighted by Crippen LogP contribution is -2.50. The van der Waals surface area contributed by atoms with Crippen LogP contribution in [0.25, 0.3) is 0 Å². The van der Waals surface area contributed by atoms with Crippen LogP contribution in [0.4, 0.5) is 0 Å². The molecule has 160 valence electrons. The van der Waals surface area contributed by atoms with Crippen LogP contribution in [0, 0.1) is 0 Å². The molecule has 1 aromatic carbocycles. The van der Waals surface area contributed by atoms with Crippen LogP contribution in [0.1, 0.15) is 27.2 Å². The fraction of sp³-hybridized carbons (Fsp3) is 0.611. The van der Waals surface area contributed by atoms with Crippen molar-refractivity contribution in [3.8, 4) is 0 Å². The Labute approximate surface area is 182 Å². The summed E-state index contributed by atoms with van der Waals surface area (Å²) in [6.45, 7) is 8.35. The zero-order chi connectivity index (χ0) is 21.3. The van der Waals surface area contributed by atoms with E-state index < -0.39 is 16.1 Å². The number of hydrogen-bond acceptors (Lipinski definition) is 5. The summed E-state index contributed by atoms with van der Waals surface area (Å²) in [5, 5.41) is 3.17. The normalized spacial score (nSPS) is 14.1. The average Bonchev–Trinajstić information content (AvgIpc) is 2.65. The Morgan fingerprint density at radius 1 is 1.25 bits per heavy atom. The van der Waals surface area contributed by atoms with Crippen LogP contribution in [0.5, 0.6) is 0 Å². The number of rotatable bonds is 12. The third-order valence-corrected chi connectivity index (χ3v) is 7.25. The van der Waals surface area contributed by atoms with E-state index in [4.69, 9.17) is 23.2 Å². The number of halogens is 2. The van der Waals surface area contributed by atoms with E-state index in [9.17, 15) is 13.2 Å². The Bertz CT molecular complexity index is 744. The summed E-state index contributed by atoms with van der Waals surface area (Å²) in [6.07, 6.45) is 2.27. The summed E-state index contributed by atoms with van der Waals surface area (Å²) < 4.78 is 28.0. The molecule has 0 bridgehead atoms. The van der Waals surface area contributed by atoms with Gasteiger partial charge in [0, 0.05) is 17.6 Å². The van der Waals surface area contributed by atoms with E-state index >= 15 is 0 Å². The van der Waals surface area contributed by atoms with Crippen LogP contribution < -0.4 is 10.0 Å². The van der Waals surface area contributed by atoms with E-state index in [2.05, 4.69) is 28.8 Å². The molecule has 0 aliphatic carbocycles. The van der Waals surface area contributed by atoms with E-state index in [1.165, 1.54) is 18.2 Å². The van der Waals surface area contributed by atoms with Crippen molar-refractivity contribution in [2.45, 2.75) is 44.2 Å². The van der Waals surface area contributed by atoms with Gasteiger partial charge >= 0.3 is 0 Å². The molecule has 0 saturated heterocycles. The SMILES string of the molecule is CCN(CC)C(C)CNC(=O)C(CCSC)NS(=O)(=O)c1cc(Cl)ccc1Cl. The first-order chi connectivity index (χ1) is 13.2. The monoisotopic (exact) mass is 469 g/mol. The highest BCUT2D eigenvalue weighted by Crippen LogP contribution is 2.25. The van der Waals surface area contributed by atoms with Gasteiger partial charge in [-0.2, -0.15) is 16.5 Å². The van der Waals surface area contributed by atoms with Crippen molar-refractivity contribution in [3.63, 3.8) is 0 Å². The van der Waals surface area contributed by atoms with Crippen molar-refractivity contribution in [1.82, 2.24) is 14.9 Å². The number of sulfonamides is 1. The predicted molar refractivity (Wildman–Crippen MR) is 119 cm³/mol. The molecule has 1 rings (SSSR count). The molecule has 0 spiro atoms. The molecule has 2 unspecified atom stereocenters. The zero-order valence-corrected chi connectivity index (χ0v) is 19.8. The van der Waals surface area contributed by atoms with Crippen molar-refractivity contribution < 1.29 is 13.2 Å². The maximum atomic E-state index is 12.8. The number of thioether (sulfide) groups is 1. The molecule has 1 amide bonds. The molecular weight excluding hydrogens is 441 g/mol. The minimum atomic E-state index is -4.00. The van der Waals surface area contributed by atoms with Gasteiger partial charge in [-0.05, 0) is 56.6 Å². The van der Waals surface area contributed by atoms with Crippen molar-refractivity contribution >= 4 is 50.9 Å². The van der Waals surface area contributed by atoms with E-state index in [0.717, 1.165) is 13.1 Å². The minimum absolute atomic E-state index is 0.0519. The number of amides is 1. The topological polar surface area (TPSA) is 78.5 Å². The molecule has 1 aromatic rings. The van der Waals surface area contributed by atoms with Gasteiger partial charge in [0.05, 0.1) is 5.02 Å². The summed E-state index contributed by atoms with van der Waals surface area (Å²) in [5.74, 6) is 0.282. The standard InChI is InChI=1S/C18H29Cl2N3O3S2/c1-5-23(6-2)13(3)12-21-18(24)16(9-10-27-4)22-28(25,26)17-11-14(19)7-8-15(17)20/h7-8,11,13,16,22H,5-6,9-10,12H2,1-4H3,(H,21,24). The lowest BCUT2D eigenvalue weighted by molar-refractivity contribution is -0.123. The maximum absolute atomic E-state index is 12.8. The van der Waals surface area contributed by atoms with Crippen LogP contribution in [0.2, 0.25) is 10.0 Å². The Morgan fingerprint density at radius 2 is 1.89 bits per heavy atom. The highest BCUT2D eigenvalue weighted by Gasteiger charge is 2.27. The van der Waals surface area contributed by atoms with Gasteiger partial charge in [-0.1, -0.05) is 37.0 Å². The Morgan fingerprint density at radius 3 is 2.46 bits per heavy atom. The molecule has 0 fully saturated rings. The van der Waals surface area contributed by atoms with E-state index in [1.807, 2.05) is 13.2 Å². The Balaban J connectivity index is 2.92.